The molecule has 0 saturated heterocycles. The van der Waals surface area contributed by atoms with Gasteiger partial charge in [-0.1, -0.05) is 71.8 Å². The lowest BCUT2D eigenvalue weighted by molar-refractivity contribution is -0.138. The quantitative estimate of drug-likeness (QED) is 0.419. The minimum Gasteiger partial charge on any atom is -0.481 e. The second kappa shape index (κ2) is 10.2. The highest BCUT2D eigenvalue weighted by Crippen LogP contribution is 2.48. The van der Waals surface area contributed by atoms with Gasteiger partial charge in [-0.2, -0.15) is 0 Å². The van der Waals surface area contributed by atoms with E-state index < -0.39 is 17.9 Å². The molecule has 2 aliphatic rings. The predicted octanol–water partition coefficient (Wildman–Crippen LogP) is 6.27. The third kappa shape index (κ3) is 5.02. The number of amides is 1. The van der Waals surface area contributed by atoms with E-state index in [0.29, 0.717) is 16.4 Å². The molecule has 1 aliphatic carbocycles. The summed E-state index contributed by atoms with van der Waals surface area (Å²) < 4.78 is 0. The summed E-state index contributed by atoms with van der Waals surface area (Å²) in [7, 11) is 0. The van der Waals surface area contributed by atoms with E-state index in [9.17, 15) is 19.5 Å². The molecule has 7 heteroatoms. The number of rotatable bonds is 5. The number of ketones is 1. The number of nitrogens with one attached hydrogen (secondary N) is 1. The number of carbonyl (C=O) groups excluding carboxylic acids is 2. The van der Waals surface area contributed by atoms with Gasteiger partial charge in [-0.25, -0.2) is 0 Å². The largest absolute Gasteiger partial charge is 0.481 e. The Balaban J connectivity index is 1.68. The lowest BCUT2D eigenvalue weighted by atomic mass is 9.76. The monoisotopic (exact) mass is 514 g/mol. The van der Waals surface area contributed by atoms with Crippen molar-refractivity contribution < 1.29 is 19.5 Å². The van der Waals surface area contributed by atoms with E-state index in [0.717, 1.165) is 22.4 Å². The minimum absolute atomic E-state index is 0.00407. The summed E-state index contributed by atoms with van der Waals surface area (Å²) in [6.07, 6.45) is 1.88. The topological polar surface area (TPSA) is 86.7 Å². The summed E-state index contributed by atoms with van der Waals surface area (Å²) in [5.41, 5.74) is 4.87. The van der Waals surface area contributed by atoms with Gasteiger partial charge in [0, 0.05) is 29.5 Å². The van der Waals surface area contributed by atoms with Crippen molar-refractivity contribution in [2.45, 2.75) is 38.1 Å². The van der Waals surface area contributed by atoms with E-state index in [4.69, 9.17) is 11.6 Å². The first-order valence-electron chi connectivity index (χ1n) is 12.3. The highest BCUT2D eigenvalue weighted by atomic mass is 35.5. The smallest absolute Gasteiger partial charge is 0.303 e. The Kier molecular flexibility index (Phi) is 6.85. The highest BCUT2D eigenvalue weighted by Gasteiger charge is 2.45. The van der Waals surface area contributed by atoms with Crippen molar-refractivity contribution in [3.8, 4) is 0 Å². The first-order valence-corrected chi connectivity index (χ1v) is 12.7. The number of hydrogen-bond acceptors (Lipinski definition) is 4. The molecule has 3 aromatic rings. The number of fused-ring (bicyclic) bond motifs is 2. The molecule has 0 saturated carbocycles. The summed E-state index contributed by atoms with van der Waals surface area (Å²) in [4.78, 5) is 40.5. The fraction of sp³-hybridized carbons (Fsp3) is 0.233. The lowest BCUT2D eigenvalue weighted by Crippen LogP contribution is -2.42. The molecule has 6 nitrogen and oxygen atoms in total. The maximum Gasteiger partial charge on any atom is 0.303 e. The van der Waals surface area contributed by atoms with Crippen molar-refractivity contribution in [1.82, 2.24) is 0 Å². The molecule has 3 aromatic carbocycles. The number of benzene rings is 3. The molecule has 0 fully saturated rings. The van der Waals surface area contributed by atoms with Crippen molar-refractivity contribution in [2.75, 3.05) is 10.2 Å². The Bertz CT molecular complexity index is 1400. The van der Waals surface area contributed by atoms with Crippen molar-refractivity contribution in [2.24, 2.45) is 5.92 Å². The Labute approximate surface area is 220 Å². The van der Waals surface area contributed by atoms with Crippen molar-refractivity contribution in [3.05, 3.63) is 106 Å². The standard InChI is InChI=1S/C30H27ClN2O4/c1-18-9-11-19(12-10-18)30-29-24(16-21(17-26(29)34)20-5-4-6-22(31)15-20)32-23-7-2-3-8-25(23)33(30)27(35)13-14-28(36)37/h2-12,15-16,21,29-30,32H,13-14,17H2,1H3,(H,36,37). The van der Waals surface area contributed by atoms with Gasteiger partial charge in [-0.15, -0.1) is 0 Å². The van der Waals surface area contributed by atoms with Crippen LogP contribution in [-0.2, 0) is 14.4 Å². The number of halogens is 1. The van der Waals surface area contributed by atoms with Crippen LogP contribution in [0.2, 0.25) is 5.02 Å². The maximum atomic E-state index is 13.9. The van der Waals surface area contributed by atoms with Gasteiger partial charge in [-0.05, 0) is 42.3 Å². The van der Waals surface area contributed by atoms with Crippen LogP contribution >= 0.6 is 11.6 Å². The van der Waals surface area contributed by atoms with E-state index >= 15 is 0 Å². The highest BCUT2D eigenvalue weighted by molar-refractivity contribution is 6.30. The van der Waals surface area contributed by atoms with Crippen LogP contribution < -0.4 is 10.2 Å². The first-order chi connectivity index (χ1) is 17.8. The maximum absolute atomic E-state index is 13.9. The molecule has 0 spiro atoms. The predicted molar refractivity (Wildman–Crippen MR) is 144 cm³/mol. The average Bonchev–Trinajstić information content (AvgIpc) is 3.02. The minimum atomic E-state index is -1.04. The van der Waals surface area contributed by atoms with Crippen LogP contribution in [0.4, 0.5) is 11.4 Å². The second-order valence-corrected chi connectivity index (χ2v) is 10.0. The van der Waals surface area contributed by atoms with Gasteiger partial charge < -0.3 is 15.3 Å². The summed E-state index contributed by atoms with van der Waals surface area (Å²) in [6, 6.07) is 22.1. The zero-order valence-electron chi connectivity index (χ0n) is 20.4. The third-order valence-corrected chi connectivity index (χ3v) is 7.27. The number of carbonyl (C=O) groups is 3. The molecule has 3 atom stereocenters. The number of hydrogen-bond donors (Lipinski definition) is 2. The van der Waals surface area contributed by atoms with Crippen LogP contribution in [0.15, 0.2) is 84.6 Å². The lowest BCUT2D eigenvalue weighted by Gasteiger charge is -2.37. The number of para-hydroxylation sites is 2. The summed E-state index contributed by atoms with van der Waals surface area (Å²) in [5, 5.41) is 13.3. The SMILES string of the molecule is Cc1ccc(C2C3C(=O)CC(c4cccc(Cl)c4)C=C3Nc3ccccc3N2C(=O)CCC(=O)O)cc1. The van der Waals surface area contributed by atoms with Gasteiger partial charge in [0.15, 0.2) is 0 Å². The Morgan fingerprint density at radius 2 is 1.76 bits per heavy atom. The number of aliphatic carboxylic acids is 1. The van der Waals surface area contributed by atoms with Crippen LogP contribution in [0.1, 0.15) is 47.9 Å². The van der Waals surface area contributed by atoms with Crippen LogP contribution in [0, 0.1) is 12.8 Å². The molecule has 5 rings (SSSR count). The van der Waals surface area contributed by atoms with Crippen molar-refractivity contribution in [1.29, 1.82) is 0 Å². The molecular weight excluding hydrogens is 488 g/mol. The number of carboxylic acids is 1. The van der Waals surface area contributed by atoms with Crippen molar-refractivity contribution in [3.63, 3.8) is 0 Å². The number of nitrogens with zero attached hydrogens (tertiary/aromatic N) is 1. The van der Waals surface area contributed by atoms with Crippen molar-refractivity contribution >= 4 is 40.6 Å². The fourth-order valence-corrected chi connectivity index (χ4v) is 5.48. The van der Waals surface area contributed by atoms with E-state index in [1.807, 2.05) is 73.7 Å². The molecule has 0 bridgehead atoms. The zero-order valence-corrected chi connectivity index (χ0v) is 21.1. The van der Waals surface area contributed by atoms with E-state index in [1.54, 1.807) is 11.0 Å². The van der Waals surface area contributed by atoms with Crippen LogP contribution in [0.25, 0.3) is 0 Å². The molecule has 1 aliphatic heterocycles. The third-order valence-electron chi connectivity index (χ3n) is 7.04. The summed E-state index contributed by atoms with van der Waals surface area (Å²) >= 11 is 6.25. The van der Waals surface area contributed by atoms with Crippen LogP contribution in [0.3, 0.4) is 0 Å². The normalized spacial score (nSPS) is 20.7. The molecule has 3 unspecified atom stereocenters. The summed E-state index contributed by atoms with van der Waals surface area (Å²) in [6.45, 7) is 1.98. The second-order valence-electron chi connectivity index (χ2n) is 9.59. The molecule has 0 aromatic heterocycles. The molecule has 37 heavy (non-hydrogen) atoms. The zero-order chi connectivity index (χ0) is 26.1. The molecule has 188 valence electrons. The van der Waals surface area contributed by atoms with E-state index in [2.05, 4.69) is 11.4 Å². The molecule has 0 radical (unpaired) electrons. The molecule has 2 N–H and O–H groups in total. The number of carboxylic acid groups (broad SMARTS) is 1. The number of anilines is 2. The Morgan fingerprint density at radius 3 is 2.49 bits per heavy atom. The fourth-order valence-electron chi connectivity index (χ4n) is 5.29. The van der Waals surface area contributed by atoms with Gasteiger partial charge in [-0.3, -0.25) is 14.4 Å². The molecule has 1 amide bonds. The van der Waals surface area contributed by atoms with Gasteiger partial charge in [0.1, 0.15) is 5.78 Å². The first kappa shape index (κ1) is 24.8. The summed E-state index contributed by atoms with van der Waals surface area (Å²) in [5.74, 6) is -2.18. The molecular formula is C30H27ClN2O4. The Morgan fingerprint density at radius 1 is 1.00 bits per heavy atom. The van der Waals surface area contributed by atoms with Crippen LogP contribution in [-0.4, -0.2) is 22.8 Å². The number of aryl methyl sites for hydroxylation is 1. The van der Waals surface area contributed by atoms with Gasteiger partial charge >= 0.3 is 5.97 Å². The van der Waals surface area contributed by atoms with E-state index in [1.165, 1.54) is 0 Å². The molecule has 1 heterocycles. The van der Waals surface area contributed by atoms with Crippen LogP contribution in [0.5, 0.6) is 0 Å². The van der Waals surface area contributed by atoms with E-state index in [-0.39, 0.29) is 36.9 Å². The average molecular weight is 515 g/mol. The van der Waals surface area contributed by atoms with Gasteiger partial charge in [0.25, 0.3) is 0 Å². The van der Waals surface area contributed by atoms with Gasteiger partial charge in [0.2, 0.25) is 5.91 Å². The number of Topliss-reactive ketones (excluding diaryl/α,β-unsaturated/α-hetero) is 1. The van der Waals surface area contributed by atoms with Gasteiger partial charge in [0.05, 0.1) is 29.8 Å². The Hall–Kier alpha value is -3.90. The number of allylic oxidation sites excluding steroid dienone is 1.